The molecule has 0 saturated heterocycles. The van der Waals surface area contributed by atoms with Gasteiger partial charge in [0.1, 0.15) is 5.82 Å². The van der Waals surface area contributed by atoms with Gasteiger partial charge >= 0.3 is 5.97 Å². The van der Waals surface area contributed by atoms with Crippen LogP contribution in [0.5, 0.6) is 0 Å². The van der Waals surface area contributed by atoms with Gasteiger partial charge in [-0.15, -0.1) is 0 Å². The lowest BCUT2D eigenvalue weighted by atomic mass is 9.98. The third-order valence-electron chi connectivity index (χ3n) is 2.09. The number of hydrogen-bond acceptors (Lipinski definition) is 2. The van der Waals surface area contributed by atoms with Crippen LogP contribution in [0.25, 0.3) is 0 Å². The minimum atomic E-state index is -1.15. The van der Waals surface area contributed by atoms with Gasteiger partial charge < -0.3 is 10.8 Å². The summed E-state index contributed by atoms with van der Waals surface area (Å²) in [4.78, 5) is 10.8. The molecule has 1 atom stereocenters. The Kier molecular flexibility index (Phi) is 3.19. The van der Waals surface area contributed by atoms with Crippen LogP contribution in [0, 0.1) is 5.82 Å². The molecule has 0 spiro atoms. The van der Waals surface area contributed by atoms with Gasteiger partial charge in [-0.1, -0.05) is 13.0 Å². The molecule has 1 rings (SSSR count). The molecule has 0 aliphatic rings. The van der Waals surface area contributed by atoms with E-state index in [1.165, 1.54) is 18.2 Å². The molecule has 14 heavy (non-hydrogen) atoms. The van der Waals surface area contributed by atoms with Crippen molar-refractivity contribution in [3.63, 3.8) is 0 Å². The molecule has 1 aromatic carbocycles. The van der Waals surface area contributed by atoms with Crippen molar-refractivity contribution in [2.24, 2.45) is 5.73 Å². The van der Waals surface area contributed by atoms with Crippen LogP contribution in [0.15, 0.2) is 18.2 Å². The van der Waals surface area contributed by atoms with Crippen molar-refractivity contribution in [2.75, 3.05) is 0 Å². The number of nitrogens with two attached hydrogens (primary N) is 1. The molecule has 0 saturated carbocycles. The quantitative estimate of drug-likeness (QED) is 0.778. The summed E-state index contributed by atoms with van der Waals surface area (Å²) in [6.07, 6.45) is 0.501. The molecule has 0 radical (unpaired) electrons. The fourth-order valence-electron chi connectivity index (χ4n) is 1.30. The Morgan fingerprint density at radius 2 is 2.29 bits per heavy atom. The highest BCUT2D eigenvalue weighted by Gasteiger charge is 2.18. The van der Waals surface area contributed by atoms with Gasteiger partial charge in [-0.05, 0) is 18.6 Å². The topological polar surface area (TPSA) is 63.3 Å². The summed E-state index contributed by atoms with van der Waals surface area (Å²) in [6, 6.07) is 3.38. The Morgan fingerprint density at radius 3 is 2.79 bits per heavy atom. The predicted octanol–water partition coefficient (Wildman–Crippen LogP) is 1.93. The van der Waals surface area contributed by atoms with Crippen molar-refractivity contribution in [1.29, 1.82) is 0 Å². The number of halogens is 1. The van der Waals surface area contributed by atoms with Crippen LogP contribution >= 0.6 is 0 Å². The van der Waals surface area contributed by atoms with E-state index in [4.69, 9.17) is 10.8 Å². The van der Waals surface area contributed by atoms with E-state index in [2.05, 4.69) is 0 Å². The lowest BCUT2D eigenvalue weighted by molar-refractivity contribution is 0.0694. The Labute approximate surface area is 81.4 Å². The van der Waals surface area contributed by atoms with Crippen LogP contribution in [0.1, 0.15) is 35.3 Å². The first kappa shape index (κ1) is 10.7. The third-order valence-corrected chi connectivity index (χ3v) is 2.09. The van der Waals surface area contributed by atoms with Gasteiger partial charge in [0.15, 0.2) is 0 Å². The number of carboxylic acids is 1. The number of rotatable bonds is 3. The second-order valence-electron chi connectivity index (χ2n) is 3.02. The summed E-state index contributed by atoms with van der Waals surface area (Å²) in [6.45, 7) is 1.78. The van der Waals surface area contributed by atoms with E-state index in [0.29, 0.717) is 6.42 Å². The van der Waals surface area contributed by atoms with Gasteiger partial charge in [0.2, 0.25) is 0 Å². The second-order valence-corrected chi connectivity index (χ2v) is 3.02. The molecule has 1 unspecified atom stereocenters. The predicted molar refractivity (Wildman–Crippen MR) is 50.6 cm³/mol. The van der Waals surface area contributed by atoms with Crippen LogP contribution in [0.4, 0.5) is 4.39 Å². The SMILES string of the molecule is CCC(N)c1c(F)cccc1C(=O)O. The molecule has 1 aromatic rings. The number of benzene rings is 1. The van der Waals surface area contributed by atoms with Crippen LogP contribution in [0.2, 0.25) is 0 Å². The summed E-state index contributed by atoms with van der Waals surface area (Å²) < 4.78 is 13.3. The van der Waals surface area contributed by atoms with Crippen molar-refractivity contribution >= 4 is 5.97 Å². The van der Waals surface area contributed by atoms with Crippen molar-refractivity contribution in [1.82, 2.24) is 0 Å². The minimum absolute atomic E-state index is 0.0562. The number of carbonyl (C=O) groups is 1. The van der Waals surface area contributed by atoms with Crippen LogP contribution in [-0.2, 0) is 0 Å². The van der Waals surface area contributed by atoms with Crippen LogP contribution < -0.4 is 5.73 Å². The highest BCUT2D eigenvalue weighted by atomic mass is 19.1. The monoisotopic (exact) mass is 197 g/mol. The van der Waals surface area contributed by atoms with E-state index >= 15 is 0 Å². The molecule has 3 N–H and O–H groups in total. The van der Waals surface area contributed by atoms with E-state index < -0.39 is 17.8 Å². The molecule has 76 valence electrons. The van der Waals surface area contributed by atoms with Crippen LogP contribution in [0.3, 0.4) is 0 Å². The number of hydrogen-bond donors (Lipinski definition) is 2. The van der Waals surface area contributed by atoms with E-state index in [1.807, 2.05) is 0 Å². The average Bonchev–Trinajstić information content (AvgIpc) is 2.16. The zero-order chi connectivity index (χ0) is 10.7. The molecule has 0 aliphatic carbocycles. The lowest BCUT2D eigenvalue weighted by Gasteiger charge is -2.13. The molecular formula is C10H12FNO2. The number of carboxylic acid groups (broad SMARTS) is 1. The lowest BCUT2D eigenvalue weighted by Crippen LogP contribution is -2.16. The number of aromatic carboxylic acids is 1. The first-order valence-corrected chi connectivity index (χ1v) is 4.35. The van der Waals surface area contributed by atoms with Crippen molar-refractivity contribution in [3.8, 4) is 0 Å². The first-order chi connectivity index (χ1) is 6.57. The fourth-order valence-corrected chi connectivity index (χ4v) is 1.30. The molecular weight excluding hydrogens is 185 g/mol. The van der Waals surface area contributed by atoms with Crippen molar-refractivity contribution in [3.05, 3.63) is 35.1 Å². The maximum absolute atomic E-state index is 13.3. The highest BCUT2D eigenvalue weighted by molar-refractivity contribution is 5.89. The van der Waals surface area contributed by atoms with Crippen molar-refractivity contribution < 1.29 is 14.3 Å². The van der Waals surface area contributed by atoms with Gasteiger partial charge in [0.05, 0.1) is 5.56 Å². The molecule has 0 bridgehead atoms. The van der Waals surface area contributed by atoms with E-state index in [9.17, 15) is 9.18 Å². The minimum Gasteiger partial charge on any atom is -0.478 e. The zero-order valence-electron chi connectivity index (χ0n) is 7.83. The van der Waals surface area contributed by atoms with E-state index in [0.717, 1.165) is 0 Å². The Morgan fingerprint density at radius 1 is 1.64 bits per heavy atom. The van der Waals surface area contributed by atoms with Gasteiger partial charge in [-0.2, -0.15) is 0 Å². The second kappa shape index (κ2) is 4.19. The third kappa shape index (κ3) is 1.90. The average molecular weight is 197 g/mol. The molecule has 0 fully saturated rings. The van der Waals surface area contributed by atoms with E-state index in [-0.39, 0.29) is 11.1 Å². The largest absolute Gasteiger partial charge is 0.478 e. The van der Waals surface area contributed by atoms with Gasteiger partial charge in [0.25, 0.3) is 0 Å². The summed E-state index contributed by atoms with van der Waals surface area (Å²) in [5, 5.41) is 8.81. The normalized spacial score (nSPS) is 12.5. The van der Waals surface area contributed by atoms with E-state index in [1.54, 1.807) is 6.92 Å². The van der Waals surface area contributed by atoms with Crippen molar-refractivity contribution in [2.45, 2.75) is 19.4 Å². The molecule has 4 heteroatoms. The molecule has 0 amide bonds. The fraction of sp³-hybridized carbons (Fsp3) is 0.300. The first-order valence-electron chi connectivity index (χ1n) is 4.35. The summed E-state index contributed by atoms with van der Waals surface area (Å²) in [7, 11) is 0. The van der Waals surface area contributed by atoms with Crippen LogP contribution in [-0.4, -0.2) is 11.1 Å². The Hall–Kier alpha value is -1.42. The molecule has 0 heterocycles. The van der Waals surface area contributed by atoms with Gasteiger partial charge in [-0.3, -0.25) is 0 Å². The smallest absolute Gasteiger partial charge is 0.336 e. The summed E-state index contributed by atoms with van der Waals surface area (Å²) in [5.41, 5.74) is 5.66. The Bertz CT molecular complexity index is 352. The zero-order valence-corrected chi connectivity index (χ0v) is 7.83. The highest BCUT2D eigenvalue weighted by Crippen LogP contribution is 2.22. The standard InChI is InChI=1S/C10H12FNO2/c1-2-8(12)9-6(10(13)14)4-3-5-7(9)11/h3-5,8H,2,12H2,1H3,(H,13,14). The summed E-state index contributed by atoms with van der Waals surface area (Å²) >= 11 is 0. The molecule has 3 nitrogen and oxygen atoms in total. The van der Waals surface area contributed by atoms with Gasteiger partial charge in [-0.25, -0.2) is 9.18 Å². The van der Waals surface area contributed by atoms with Gasteiger partial charge in [0, 0.05) is 11.6 Å². The maximum Gasteiger partial charge on any atom is 0.336 e. The summed E-state index contributed by atoms with van der Waals surface area (Å²) in [5.74, 6) is -1.71. The molecule has 0 aromatic heterocycles. The maximum atomic E-state index is 13.3. The Balaban J connectivity index is 3.29. The molecule has 0 aliphatic heterocycles.